The summed E-state index contributed by atoms with van der Waals surface area (Å²) in [5, 5.41) is 3.28. The molecule has 200 valence electrons. The molecule has 6 heteroatoms. The molecule has 2 amide bonds. The molecule has 0 spiro atoms. The van der Waals surface area contributed by atoms with Crippen LogP contribution in [0, 0.1) is 13.8 Å². The molecule has 38 heavy (non-hydrogen) atoms. The first kappa shape index (κ1) is 27.9. The molecule has 1 atom stereocenters. The van der Waals surface area contributed by atoms with Crippen LogP contribution in [0.25, 0.3) is 0 Å². The van der Waals surface area contributed by atoms with Crippen molar-refractivity contribution in [1.29, 1.82) is 0 Å². The van der Waals surface area contributed by atoms with Crippen molar-refractivity contribution in [3.8, 4) is 5.75 Å². The fourth-order valence-electron chi connectivity index (χ4n) is 4.92. The van der Waals surface area contributed by atoms with Crippen LogP contribution in [0.3, 0.4) is 0 Å². The van der Waals surface area contributed by atoms with Crippen molar-refractivity contribution in [2.45, 2.75) is 71.0 Å². The normalized spacial score (nSPS) is 14.5. The van der Waals surface area contributed by atoms with Gasteiger partial charge in [0.1, 0.15) is 11.8 Å². The molecule has 0 aromatic heterocycles. The van der Waals surface area contributed by atoms with Gasteiger partial charge in [-0.15, -0.1) is 0 Å². The first-order valence-corrected chi connectivity index (χ1v) is 14.3. The summed E-state index contributed by atoms with van der Waals surface area (Å²) in [4.78, 5) is 29.3. The van der Waals surface area contributed by atoms with Crippen molar-refractivity contribution in [2.24, 2.45) is 0 Å². The van der Waals surface area contributed by atoms with Crippen LogP contribution in [0.2, 0.25) is 0 Å². The lowest BCUT2D eigenvalue weighted by Gasteiger charge is -2.33. The Morgan fingerprint density at radius 1 is 0.921 bits per heavy atom. The number of aryl methyl sites for hydroxylation is 2. The van der Waals surface area contributed by atoms with E-state index >= 15 is 0 Å². The monoisotopic (exact) mass is 576 g/mol. The highest BCUT2D eigenvalue weighted by molar-refractivity contribution is 9.10. The van der Waals surface area contributed by atoms with E-state index in [1.54, 1.807) is 4.90 Å². The summed E-state index contributed by atoms with van der Waals surface area (Å²) in [6, 6.07) is 23.1. The molecule has 1 N–H and O–H groups in total. The van der Waals surface area contributed by atoms with E-state index in [1.165, 1.54) is 12.0 Å². The Balaban J connectivity index is 1.60. The van der Waals surface area contributed by atoms with Crippen molar-refractivity contribution >= 4 is 27.7 Å². The minimum absolute atomic E-state index is 0.0996. The Morgan fingerprint density at radius 3 is 2.32 bits per heavy atom. The zero-order chi connectivity index (χ0) is 26.9. The maximum Gasteiger partial charge on any atom is 0.261 e. The van der Waals surface area contributed by atoms with Gasteiger partial charge in [0.2, 0.25) is 5.91 Å². The second-order valence-corrected chi connectivity index (χ2v) is 11.1. The Morgan fingerprint density at radius 2 is 1.63 bits per heavy atom. The molecule has 5 nitrogen and oxygen atoms in total. The van der Waals surface area contributed by atoms with Gasteiger partial charge in [-0.3, -0.25) is 9.59 Å². The van der Waals surface area contributed by atoms with Gasteiger partial charge < -0.3 is 15.0 Å². The van der Waals surface area contributed by atoms with Crippen molar-refractivity contribution in [2.75, 3.05) is 6.61 Å². The van der Waals surface area contributed by atoms with Gasteiger partial charge in [-0.1, -0.05) is 83.7 Å². The molecule has 4 rings (SSSR count). The standard InChI is InChI=1S/C32H37BrN2O3/c1-23-13-18-29(19-24(23)2)38-22-31(36)35(21-26-14-16-27(33)17-15-26)30(20-25-9-5-3-6-10-25)32(37)34-28-11-7-4-8-12-28/h3,5-6,9-10,13-19,28,30H,4,7-8,11-12,20-22H2,1-2H3,(H,34,37). The lowest BCUT2D eigenvalue weighted by molar-refractivity contribution is -0.143. The van der Waals surface area contributed by atoms with Gasteiger partial charge in [-0.25, -0.2) is 0 Å². The molecule has 1 aliphatic rings. The summed E-state index contributed by atoms with van der Waals surface area (Å²) in [6.45, 7) is 4.25. The van der Waals surface area contributed by atoms with Gasteiger partial charge in [0.05, 0.1) is 0 Å². The smallest absolute Gasteiger partial charge is 0.261 e. The molecule has 1 saturated carbocycles. The molecule has 3 aromatic carbocycles. The lowest BCUT2D eigenvalue weighted by atomic mass is 9.94. The predicted octanol–water partition coefficient (Wildman–Crippen LogP) is 6.53. The first-order chi connectivity index (χ1) is 18.4. The molecular formula is C32H37BrN2O3. The summed E-state index contributed by atoms with van der Waals surface area (Å²) in [5.41, 5.74) is 4.24. The highest BCUT2D eigenvalue weighted by atomic mass is 79.9. The fraction of sp³-hybridized carbons (Fsp3) is 0.375. The van der Waals surface area contributed by atoms with E-state index < -0.39 is 6.04 Å². The van der Waals surface area contributed by atoms with Gasteiger partial charge in [0.25, 0.3) is 5.91 Å². The first-order valence-electron chi connectivity index (χ1n) is 13.5. The summed E-state index contributed by atoms with van der Waals surface area (Å²) in [6.07, 6.45) is 5.87. The van der Waals surface area contributed by atoms with Crippen LogP contribution in [-0.4, -0.2) is 35.4 Å². The molecule has 0 heterocycles. The van der Waals surface area contributed by atoms with E-state index in [9.17, 15) is 9.59 Å². The number of benzene rings is 3. The van der Waals surface area contributed by atoms with Gasteiger partial charge in [0, 0.05) is 23.5 Å². The number of ether oxygens (including phenoxy) is 1. The number of nitrogens with zero attached hydrogens (tertiary/aromatic N) is 1. The average molecular weight is 578 g/mol. The third-order valence-electron chi connectivity index (χ3n) is 7.33. The quantitative estimate of drug-likeness (QED) is 0.298. The van der Waals surface area contributed by atoms with Crippen LogP contribution in [-0.2, 0) is 22.6 Å². The van der Waals surface area contributed by atoms with Crippen LogP contribution >= 0.6 is 15.9 Å². The molecular weight excluding hydrogens is 540 g/mol. The fourth-order valence-corrected chi connectivity index (χ4v) is 5.18. The Labute approximate surface area is 234 Å². The van der Waals surface area contributed by atoms with E-state index in [0.717, 1.165) is 46.8 Å². The largest absolute Gasteiger partial charge is 0.484 e. The van der Waals surface area contributed by atoms with Crippen molar-refractivity contribution < 1.29 is 14.3 Å². The van der Waals surface area contributed by atoms with Crippen LogP contribution < -0.4 is 10.1 Å². The molecule has 0 radical (unpaired) electrons. The highest BCUT2D eigenvalue weighted by Crippen LogP contribution is 2.21. The van der Waals surface area contributed by atoms with Gasteiger partial charge in [-0.2, -0.15) is 0 Å². The Bertz CT molecular complexity index is 1210. The summed E-state index contributed by atoms with van der Waals surface area (Å²) in [7, 11) is 0. The van der Waals surface area contributed by atoms with Crippen LogP contribution in [0.1, 0.15) is 54.4 Å². The van der Waals surface area contributed by atoms with Gasteiger partial charge in [-0.05, 0) is 73.2 Å². The van der Waals surface area contributed by atoms with E-state index in [2.05, 4.69) is 21.2 Å². The second-order valence-electron chi connectivity index (χ2n) is 10.2. The zero-order valence-electron chi connectivity index (χ0n) is 22.3. The zero-order valence-corrected chi connectivity index (χ0v) is 23.9. The summed E-state index contributed by atoms with van der Waals surface area (Å²) in [5.74, 6) is 0.333. The highest BCUT2D eigenvalue weighted by Gasteiger charge is 2.32. The topological polar surface area (TPSA) is 58.6 Å². The van der Waals surface area contributed by atoms with Gasteiger partial charge in [0.15, 0.2) is 6.61 Å². The minimum Gasteiger partial charge on any atom is -0.484 e. The molecule has 0 bridgehead atoms. The number of hydrogen-bond donors (Lipinski definition) is 1. The molecule has 1 fully saturated rings. The SMILES string of the molecule is Cc1ccc(OCC(=O)N(Cc2ccc(Br)cc2)C(Cc2ccccc2)C(=O)NC2CCCCC2)cc1C. The molecule has 0 saturated heterocycles. The second kappa shape index (κ2) is 13.6. The van der Waals surface area contributed by atoms with E-state index in [-0.39, 0.29) is 24.5 Å². The van der Waals surface area contributed by atoms with E-state index in [1.807, 2.05) is 86.6 Å². The lowest BCUT2D eigenvalue weighted by Crippen LogP contribution is -2.53. The van der Waals surface area contributed by atoms with Crippen LogP contribution in [0.15, 0.2) is 77.3 Å². The van der Waals surface area contributed by atoms with E-state index in [0.29, 0.717) is 18.7 Å². The summed E-state index contributed by atoms with van der Waals surface area (Å²) < 4.78 is 6.91. The maximum absolute atomic E-state index is 13.8. The molecule has 0 aliphatic heterocycles. The van der Waals surface area contributed by atoms with Crippen molar-refractivity contribution in [3.05, 3.63) is 99.5 Å². The Hall–Kier alpha value is -3.12. The third kappa shape index (κ3) is 7.94. The number of nitrogens with one attached hydrogen (secondary N) is 1. The molecule has 1 aliphatic carbocycles. The number of carbonyl (C=O) groups is 2. The summed E-state index contributed by atoms with van der Waals surface area (Å²) >= 11 is 3.49. The number of amides is 2. The minimum atomic E-state index is -0.654. The van der Waals surface area contributed by atoms with Crippen molar-refractivity contribution in [1.82, 2.24) is 10.2 Å². The molecule has 1 unspecified atom stereocenters. The van der Waals surface area contributed by atoms with Gasteiger partial charge >= 0.3 is 0 Å². The molecule has 3 aromatic rings. The number of rotatable bonds is 10. The average Bonchev–Trinajstić information content (AvgIpc) is 2.93. The maximum atomic E-state index is 13.8. The van der Waals surface area contributed by atoms with Crippen LogP contribution in [0.5, 0.6) is 5.75 Å². The number of hydrogen-bond acceptors (Lipinski definition) is 3. The predicted molar refractivity (Wildman–Crippen MR) is 155 cm³/mol. The number of halogens is 1. The number of carbonyl (C=O) groups excluding carboxylic acids is 2. The van der Waals surface area contributed by atoms with E-state index in [4.69, 9.17) is 4.74 Å². The Kier molecular flexibility index (Phi) is 9.99. The van der Waals surface area contributed by atoms with Crippen molar-refractivity contribution in [3.63, 3.8) is 0 Å². The third-order valence-corrected chi connectivity index (χ3v) is 7.86. The van der Waals surface area contributed by atoms with Crippen LogP contribution in [0.4, 0.5) is 0 Å².